The topological polar surface area (TPSA) is 74.3 Å². The number of rotatable bonds is 8. The number of nitrogens with zero attached hydrogens (tertiary/aromatic N) is 2. The van der Waals surface area contributed by atoms with Crippen LogP contribution in [-0.4, -0.2) is 57.3 Å². The second-order valence-corrected chi connectivity index (χ2v) is 7.40. The summed E-state index contributed by atoms with van der Waals surface area (Å²) < 4.78 is 24.4. The molecule has 1 fully saturated rings. The molecular formula is C14H24N4O2S. The predicted molar refractivity (Wildman–Crippen MR) is 84.7 cm³/mol. The molecule has 118 valence electrons. The summed E-state index contributed by atoms with van der Waals surface area (Å²) in [6, 6.07) is 5.86. The van der Waals surface area contributed by atoms with Crippen LogP contribution in [0.15, 0.2) is 24.4 Å². The lowest BCUT2D eigenvalue weighted by atomic mass is 10.1. The van der Waals surface area contributed by atoms with Crippen molar-refractivity contribution in [3.63, 3.8) is 0 Å². The molecule has 0 radical (unpaired) electrons. The van der Waals surface area contributed by atoms with Gasteiger partial charge in [-0.05, 0) is 44.0 Å². The number of hydrogen-bond donors (Lipinski definition) is 2. The van der Waals surface area contributed by atoms with E-state index >= 15 is 0 Å². The van der Waals surface area contributed by atoms with Crippen molar-refractivity contribution in [1.29, 1.82) is 0 Å². The van der Waals surface area contributed by atoms with Crippen molar-refractivity contribution in [2.75, 3.05) is 44.3 Å². The summed E-state index contributed by atoms with van der Waals surface area (Å²) in [5.74, 6) is 1.56. The first kappa shape index (κ1) is 16.2. The average molecular weight is 312 g/mol. The van der Waals surface area contributed by atoms with Crippen molar-refractivity contribution in [1.82, 2.24) is 14.6 Å². The van der Waals surface area contributed by atoms with Gasteiger partial charge in [0.15, 0.2) is 0 Å². The molecule has 2 heterocycles. The van der Waals surface area contributed by atoms with Gasteiger partial charge in [0.1, 0.15) is 5.82 Å². The molecule has 0 spiro atoms. The monoisotopic (exact) mass is 312 g/mol. The van der Waals surface area contributed by atoms with Crippen LogP contribution in [0.25, 0.3) is 0 Å². The van der Waals surface area contributed by atoms with Crippen molar-refractivity contribution in [2.45, 2.75) is 12.8 Å². The molecule has 1 saturated heterocycles. The van der Waals surface area contributed by atoms with Crippen LogP contribution in [0, 0.1) is 5.92 Å². The van der Waals surface area contributed by atoms with Crippen molar-refractivity contribution in [3.05, 3.63) is 24.4 Å². The van der Waals surface area contributed by atoms with Crippen LogP contribution in [0.5, 0.6) is 0 Å². The Morgan fingerprint density at radius 2 is 2.29 bits per heavy atom. The Hall–Kier alpha value is -1.18. The minimum atomic E-state index is -3.06. The highest BCUT2D eigenvalue weighted by Crippen LogP contribution is 2.16. The van der Waals surface area contributed by atoms with Crippen LogP contribution in [0.2, 0.25) is 0 Å². The first-order chi connectivity index (χ1) is 10.0. The van der Waals surface area contributed by atoms with Crippen LogP contribution in [0.4, 0.5) is 5.82 Å². The second kappa shape index (κ2) is 7.72. The molecule has 0 aliphatic carbocycles. The Kier molecular flexibility index (Phi) is 5.96. The Morgan fingerprint density at radius 1 is 1.43 bits per heavy atom. The SMILES string of the molecule is CS(=O)(=O)NCCCN1CC[C@H](CNc2ccccn2)C1. The van der Waals surface area contributed by atoms with Gasteiger partial charge in [-0.2, -0.15) is 0 Å². The van der Waals surface area contributed by atoms with Crippen LogP contribution in [-0.2, 0) is 10.0 Å². The molecule has 21 heavy (non-hydrogen) atoms. The van der Waals surface area contributed by atoms with Gasteiger partial charge in [-0.1, -0.05) is 6.07 Å². The Bertz CT molecular complexity index is 521. The predicted octanol–water partition coefficient (Wildman–Crippen LogP) is 0.755. The van der Waals surface area contributed by atoms with Gasteiger partial charge in [-0.25, -0.2) is 18.1 Å². The molecule has 0 amide bonds. The molecule has 0 aromatic carbocycles. The van der Waals surface area contributed by atoms with Gasteiger partial charge in [0.2, 0.25) is 10.0 Å². The maximum atomic E-state index is 11.0. The summed E-state index contributed by atoms with van der Waals surface area (Å²) in [7, 11) is -3.06. The molecule has 1 aliphatic rings. The molecule has 6 nitrogen and oxygen atoms in total. The van der Waals surface area contributed by atoms with Crippen molar-refractivity contribution in [2.24, 2.45) is 5.92 Å². The number of nitrogens with one attached hydrogen (secondary N) is 2. The number of likely N-dealkylation sites (tertiary alicyclic amines) is 1. The van der Waals surface area contributed by atoms with Gasteiger partial charge in [0.25, 0.3) is 0 Å². The smallest absolute Gasteiger partial charge is 0.208 e. The van der Waals surface area contributed by atoms with Crippen LogP contribution < -0.4 is 10.0 Å². The molecule has 1 aromatic heterocycles. The van der Waals surface area contributed by atoms with E-state index in [1.807, 2.05) is 18.2 Å². The fraction of sp³-hybridized carbons (Fsp3) is 0.643. The minimum absolute atomic E-state index is 0.520. The van der Waals surface area contributed by atoms with Gasteiger partial charge >= 0.3 is 0 Å². The highest BCUT2D eigenvalue weighted by molar-refractivity contribution is 7.88. The maximum Gasteiger partial charge on any atom is 0.208 e. The molecule has 0 saturated carbocycles. The first-order valence-corrected chi connectivity index (χ1v) is 9.24. The first-order valence-electron chi connectivity index (χ1n) is 7.35. The summed E-state index contributed by atoms with van der Waals surface area (Å²) in [5, 5.41) is 3.36. The Labute approximate surface area is 127 Å². The van der Waals surface area contributed by atoms with Crippen LogP contribution >= 0.6 is 0 Å². The number of pyridine rings is 1. The summed E-state index contributed by atoms with van der Waals surface area (Å²) in [6.45, 7) is 4.57. The normalized spacial score (nSPS) is 19.8. The molecule has 1 atom stereocenters. The largest absolute Gasteiger partial charge is 0.370 e. The minimum Gasteiger partial charge on any atom is -0.370 e. The zero-order valence-electron chi connectivity index (χ0n) is 12.5. The number of hydrogen-bond acceptors (Lipinski definition) is 5. The van der Waals surface area contributed by atoms with Crippen LogP contribution in [0.1, 0.15) is 12.8 Å². The van der Waals surface area contributed by atoms with E-state index in [1.54, 1.807) is 6.20 Å². The van der Waals surface area contributed by atoms with E-state index in [1.165, 1.54) is 12.7 Å². The quantitative estimate of drug-likeness (QED) is 0.693. The number of anilines is 1. The van der Waals surface area contributed by atoms with E-state index in [2.05, 4.69) is 19.9 Å². The van der Waals surface area contributed by atoms with Gasteiger partial charge in [0.05, 0.1) is 6.26 Å². The fourth-order valence-corrected chi connectivity index (χ4v) is 3.07. The maximum absolute atomic E-state index is 11.0. The van der Waals surface area contributed by atoms with Gasteiger partial charge < -0.3 is 10.2 Å². The van der Waals surface area contributed by atoms with Crippen molar-refractivity contribution >= 4 is 15.8 Å². The lowest BCUT2D eigenvalue weighted by Gasteiger charge is -2.16. The molecule has 1 aromatic rings. The zero-order valence-corrected chi connectivity index (χ0v) is 13.3. The molecular weight excluding hydrogens is 288 g/mol. The fourth-order valence-electron chi connectivity index (χ4n) is 2.56. The second-order valence-electron chi connectivity index (χ2n) is 5.57. The van der Waals surface area contributed by atoms with E-state index in [-0.39, 0.29) is 0 Å². The molecule has 2 rings (SSSR count). The third kappa shape index (κ3) is 6.41. The Balaban J connectivity index is 1.60. The molecule has 1 aliphatic heterocycles. The lowest BCUT2D eigenvalue weighted by Crippen LogP contribution is -2.29. The van der Waals surface area contributed by atoms with Crippen LogP contribution in [0.3, 0.4) is 0 Å². The summed E-state index contributed by atoms with van der Waals surface area (Å²) in [6.07, 6.45) is 5.02. The van der Waals surface area contributed by atoms with Gasteiger partial charge in [0, 0.05) is 25.8 Å². The summed E-state index contributed by atoms with van der Waals surface area (Å²) in [4.78, 5) is 6.65. The van der Waals surface area contributed by atoms with Crippen molar-refractivity contribution < 1.29 is 8.42 Å². The van der Waals surface area contributed by atoms with Gasteiger partial charge in [-0.3, -0.25) is 0 Å². The van der Waals surface area contributed by atoms with E-state index in [9.17, 15) is 8.42 Å². The molecule has 7 heteroatoms. The van der Waals surface area contributed by atoms with Gasteiger partial charge in [-0.15, -0.1) is 0 Å². The average Bonchev–Trinajstić information content (AvgIpc) is 2.89. The third-order valence-corrected chi connectivity index (χ3v) is 4.35. The zero-order chi connectivity index (χ0) is 15.1. The summed E-state index contributed by atoms with van der Waals surface area (Å²) >= 11 is 0. The molecule has 2 N–H and O–H groups in total. The van der Waals surface area contributed by atoms with E-state index in [4.69, 9.17) is 0 Å². The molecule has 0 bridgehead atoms. The third-order valence-electron chi connectivity index (χ3n) is 3.62. The highest BCUT2D eigenvalue weighted by Gasteiger charge is 2.21. The van der Waals surface area contributed by atoms with Crippen molar-refractivity contribution in [3.8, 4) is 0 Å². The number of sulfonamides is 1. The summed E-state index contributed by atoms with van der Waals surface area (Å²) in [5.41, 5.74) is 0. The van der Waals surface area contributed by atoms with E-state index in [0.29, 0.717) is 12.5 Å². The lowest BCUT2D eigenvalue weighted by molar-refractivity contribution is 0.322. The standard InChI is InChI=1S/C14H24N4O2S/c1-21(19,20)17-8-4-9-18-10-6-13(12-18)11-16-14-5-2-3-7-15-14/h2-3,5,7,13,17H,4,6,8-12H2,1H3,(H,15,16)/t13-/m1/s1. The molecule has 0 unspecified atom stereocenters. The Morgan fingerprint density at radius 3 is 3.00 bits per heavy atom. The highest BCUT2D eigenvalue weighted by atomic mass is 32.2. The number of aromatic nitrogens is 1. The van der Waals surface area contributed by atoms with E-state index < -0.39 is 10.0 Å². The van der Waals surface area contributed by atoms with E-state index in [0.717, 1.165) is 38.4 Å².